The number of ether oxygens (including phenoxy) is 1. The molecule has 0 saturated heterocycles. The molecule has 2 aromatic carbocycles. The van der Waals surface area contributed by atoms with Crippen LogP contribution in [0.4, 0.5) is 11.4 Å². The summed E-state index contributed by atoms with van der Waals surface area (Å²) in [6, 6.07) is 14.6. The van der Waals surface area contributed by atoms with E-state index >= 15 is 0 Å². The quantitative estimate of drug-likeness (QED) is 0.0978. The molecule has 11 heteroatoms. The minimum absolute atomic E-state index is 0.00515. The molecule has 33 heavy (non-hydrogen) atoms. The number of anilines is 1. The Balaban J connectivity index is 1.35. The number of nitro groups is 1. The monoisotopic (exact) mass is 485 g/mol. The molecule has 0 atom stereocenters. The third-order valence-electron chi connectivity index (χ3n) is 4.70. The fraction of sp³-hybridized carbons (Fsp3) is 0.227. The highest BCUT2D eigenvalue weighted by Crippen LogP contribution is 2.33. The molecule has 2 heterocycles. The van der Waals surface area contributed by atoms with Crippen LogP contribution in [0.1, 0.15) is 0 Å². The SMILES string of the molecule is CN(C)CCOc1ccc2nc(SOCNc3cc(-c4cccs4)ccc3[N+](=O)[O-])[nH]c2c1. The molecule has 0 unspecified atom stereocenters. The lowest BCUT2D eigenvalue weighted by Crippen LogP contribution is -2.19. The number of aromatic amines is 1. The van der Waals surface area contributed by atoms with Crippen LogP contribution in [0.5, 0.6) is 5.75 Å². The molecule has 0 radical (unpaired) electrons. The standard InChI is InChI=1S/C22H23N5O4S2/c1-26(2)9-10-30-16-6-7-17-18(13-16)25-22(24-17)33-31-14-23-19-12-15(21-4-3-11-32-21)5-8-20(19)27(28)29/h3-8,11-13,23H,9-10,14H2,1-2H3,(H,24,25). The van der Waals surface area contributed by atoms with Crippen molar-refractivity contribution in [3.8, 4) is 16.2 Å². The van der Waals surface area contributed by atoms with Crippen LogP contribution in [0.15, 0.2) is 59.1 Å². The zero-order chi connectivity index (χ0) is 23.2. The second kappa shape index (κ2) is 10.7. The van der Waals surface area contributed by atoms with Gasteiger partial charge in [0.1, 0.15) is 24.8 Å². The van der Waals surface area contributed by atoms with Gasteiger partial charge in [-0.1, -0.05) is 6.07 Å². The number of fused-ring (bicyclic) bond motifs is 1. The Hall–Kier alpha value is -3.12. The van der Waals surface area contributed by atoms with Crippen LogP contribution in [-0.4, -0.2) is 53.8 Å². The van der Waals surface area contributed by atoms with Crippen molar-refractivity contribution >= 4 is 45.8 Å². The van der Waals surface area contributed by atoms with E-state index in [1.54, 1.807) is 23.5 Å². The van der Waals surface area contributed by atoms with E-state index in [1.807, 2.05) is 49.8 Å². The number of hydrogen-bond donors (Lipinski definition) is 2. The van der Waals surface area contributed by atoms with E-state index in [0.29, 0.717) is 17.5 Å². The first-order valence-corrected chi connectivity index (χ1v) is 11.7. The normalized spacial score (nSPS) is 11.2. The molecular formula is C22H23N5O4S2. The summed E-state index contributed by atoms with van der Waals surface area (Å²) in [7, 11) is 4.00. The Morgan fingerprint density at radius 1 is 1.24 bits per heavy atom. The Bertz CT molecular complexity index is 1230. The fourth-order valence-electron chi connectivity index (χ4n) is 3.07. The van der Waals surface area contributed by atoms with Crippen LogP contribution >= 0.6 is 23.4 Å². The third-order valence-corrected chi connectivity index (χ3v) is 6.20. The second-order valence-corrected chi connectivity index (χ2v) is 9.10. The van der Waals surface area contributed by atoms with Gasteiger partial charge in [-0.15, -0.1) is 11.3 Å². The van der Waals surface area contributed by atoms with Gasteiger partial charge in [-0.2, -0.15) is 0 Å². The fourth-order valence-corrected chi connectivity index (χ4v) is 4.31. The van der Waals surface area contributed by atoms with E-state index in [2.05, 4.69) is 20.2 Å². The lowest BCUT2D eigenvalue weighted by Gasteiger charge is -2.10. The topological polar surface area (TPSA) is 106 Å². The average Bonchev–Trinajstić information content (AvgIpc) is 3.46. The lowest BCUT2D eigenvalue weighted by molar-refractivity contribution is -0.384. The number of likely N-dealkylation sites (N-methyl/N-ethyl adjacent to an activating group) is 1. The van der Waals surface area contributed by atoms with Crippen molar-refractivity contribution < 1.29 is 13.8 Å². The summed E-state index contributed by atoms with van der Waals surface area (Å²) in [4.78, 5) is 21.8. The summed E-state index contributed by atoms with van der Waals surface area (Å²) >= 11 is 2.64. The zero-order valence-corrected chi connectivity index (χ0v) is 19.7. The van der Waals surface area contributed by atoms with Crippen LogP contribution in [0.3, 0.4) is 0 Å². The number of imidazole rings is 1. The number of rotatable bonds is 11. The number of aromatic nitrogens is 2. The highest BCUT2D eigenvalue weighted by atomic mass is 32.2. The average molecular weight is 486 g/mol. The molecule has 4 rings (SSSR count). The predicted octanol–water partition coefficient (Wildman–Crippen LogP) is 5.23. The highest BCUT2D eigenvalue weighted by Gasteiger charge is 2.15. The molecule has 2 aromatic heterocycles. The van der Waals surface area contributed by atoms with Gasteiger partial charge in [-0.05, 0) is 55.4 Å². The number of nitrogens with zero attached hydrogens (tertiary/aromatic N) is 3. The number of H-pyrrole nitrogens is 1. The van der Waals surface area contributed by atoms with Crippen LogP contribution < -0.4 is 10.1 Å². The molecule has 0 aliphatic heterocycles. The van der Waals surface area contributed by atoms with Crippen molar-refractivity contribution in [1.82, 2.24) is 14.9 Å². The maximum atomic E-state index is 11.4. The Morgan fingerprint density at radius 2 is 2.12 bits per heavy atom. The van der Waals surface area contributed by atoms with Gasteiger partial charge in [-0.25, -0.2) is 4.98 Å². The van der Waals surface area contributed by atoms with Gasteiger partial charge in [0.2, 0.25) is 0 Å². The molecule has 0 aliphatic carbocycles. The van der Waals surface area contributed by atoms with Gasteiger partial charge < -0.3 is 19.9 Å². The number of hydrogen-bond acceptors (Lipinski definition) is 9. The first-order valence-electron chi connectivity index (χ1n) is 10.1. The van der Waals surface area contributed by atoms with E-state index in [0.717, 1.165) is 45.8 Å². The van der Waals surface area contributed by atoms with Crippen molar-refractivity contribution in [3.05, 3.63) is 64.0 Å². The molecule has 0 spiro atoms. The number of nitrogens with one attached hydrogen (secondary N) is 2. The van der Waals surface area contributed by atoms with E-state index < -0.39 is 4.92 Å². The van der Waals surface area contributed by atoms with Gasteiger partial charge in [0.15, 0.2) is 5.16 Å². The maximum Gasteiger partial charge on any atom is 0.292 e. The number of nitro benzene ring substituents is 1. The van der Waals surface area contributed by atoms with Crippen molar-refractivity contribution in [2.45, 2.75) is 5.16 Å². The van der Waals surface area contributed by atoms with Crippen molar-refractivity contribution in [3.63, 3.8) is 0 Å². The van der Waals surface area contributed by atoms with Gasteiger partial charge in [-0.3, -0.25) is 14.3 Å². The van der Waals surface area contributed by atoms with Crippen molar-refractivity contribution in [1.29, 1.82) is 0 Å². The Labute approximate surface area is 199 Å². The number of thiophene rings is 1. The van der Waals surface area contributed by atoms with E-state index in [1.165, 1.54) is 6.07 Å². The third kappa shape index (κ3) is 6.02. The summed E-state index contributed by atoms with van der Waals surface area (Å²) in [6.45, 7) is 1.50. The summed E-state index contributed by atoms with van der Waals surface area (Å²) in [5.41, 5.74) is 2.95. The minimum Gasteiger partial charge on any atom is -0.492 e. The summed E-state index contributed by atoms with van der Waals surface area (Å²) in [5, 5.41) is 16.9. The smallest absolute Gasteiger partial charge is 0.292 e. The largest absolute Gasteiger partial charge is 0.492 e. The van der Waals surface area contributed by atoms with Gasteiger partial charge in [0.05, 0.1) is 28.0 Å². The van der Waals surface area contributed by atoms with E-state index in [-0.39, 0.29) is 12.4 Å². The molecule has 9 nitrogen and oxygen atoms in total. The molecule has 2 N–H and O–H groups in total. The first-order chi connectivity index (χ1) is 16.0. The molecule has 0 bridgehead atoms. The van der Waals surface area contributed by atoms with E-state index in [4.69, 9.17) is 8.92 Å². The molecule has 0 saturated carbocycles. The summed E-state index contributed by atoms with van der Waals surface area (Å²) < 4.78 is 11.4. The van der Waals surface area contributed by atoms with E-state index in [9.17, 15) is 10.1 Å². The number of benzene rings is 2. The van der Waals surface area contributed by atoms with Gasteiger partial charge in [0.25, 0.3) is 5.69 Å². The van der Waals surface area contributed by atoms with Crippen molar-refractivity contribution in [2.75, 3.05) is 39.3 Å². The second-order valence-electron chi connectivity index (χ2n) is 7.36. The van der Waals surface area contributed by atoms with Crippen LogP contribution in [0, 0.1) is 10.1 Å². The van der Waals surface area contributed by atoms with Crippen LogP contribution in [0.25, 0.3) is 21.5 Å². The highest BCUT2D eigenvalue weighted by molar-refractivity contribution is 7.94. The molecule has 172 valence electrons. The molecule has 0 fully saturated rings. The summed E-state index contributed by atoms with van der Waals surface area (Å²) in [5.74, 6) is 0.769. The van der Waals surface area contributed by atoms with Gasteiger partial charge in [0, 0.05) is 23.6 Å². The molecular weight excluding hydrogens is 462 g/mol. The molecule has 4 aromatic rings. The van der Waals surface area contributed by atoms with Crippen LogP contribution in [0.2, 0.25) is 0 Å². The first kappa shape index (κ1) is 23.1. The van der Waals surface area contributed by atoms with Crippen molar-refractivity contribution in [2.24, 2.45) is 0 Å². The maximum absolute atomic E-state index is 11.4. The molecule has 0 amide bonds. The van der Waals surface area contributed by atoms with Gasteiger partial charge >= 0.3 is 0 Å². The Kier molecular flexibility index (Phi) is 7.45. The Morgan fingerprint density at radius 3 is 2.88 bits per heavy atom. The lowest BCUT2D eigenvalue weighted by atomic mass is 10.1. The molecule has 0 aliphatic rings. The zero-order valence-electron chi connectivity index (χ0n) is 18.1. The van der Waals surface area contributed by atoms with Crippen LogP contribution in [-0.2, 0) is 4.18 Å². The predicted molar refractivity (Wildman–Crippen MR) is 132 cm³/mol. The summed E-state index contributed by atoms with van der Waals surface area (Å²) in [6.07, 6.45) is 0. The minimum atomic E-state index is -0.412.